The van der Waals surface area contributed by atoms with Gasteiger partial charge in [-0.1, -0.05) is 13.8 Å². The van der Waals surface area contributed by atoms with Gasteiger partial charge in [0.2, 0.25) is 0 Å². The summed E-state index contributed by atoms with van der Waals surface area (Å²) in [5.41, 5.74) is 1.79. The molecule has 0 aromatic carbocycles. The molecule has 102 valence electrons. The summed E-state index contributed by atoms with van der Waals surface area (Å²) in [5, 5.41) is 8.57. The van der Waals surface area contributed by atoms with Gasteiger partial charge in [-0.05, 0) is 24.5 Å². The van der Waals surface area contributed by atoms with E-state index in [0.717, 1.165) is 11.3 Å². The van der Waals surface area contributed by atoms with Crippen molar-refractivity contribution in [1.82, 2.24) is 9.38 Å². The Hall–Kier alpha value is -2.04. The minimum Gasteiger partial charge on any atom is -0.490 e. The maximum atomic E-state index is 10.4. The van der Waals surface area contributed by atoms with Crippen LogP contribution in [0.1, 0.15) is 38.3 Å². The molecule has 0 unspecified atom stereocenters. The van der Waals surface area contributed by atoms with Gasteiger partial charge in [-0.15, -0.1) is 0 Å². The Morgan fingerprint density at radius 1 is 1.53 bits per heavy atom. The number of carboxylic acid groups (broad SMARTS) is 1. The molecule has 0 aliphatic carbocycles. The van der Waals surface area contributed by atoms with Crippen LogP contribution in [0.2, 0.25) is 0 Å². The number of hydrogen-bond donors (Lipinski definition) is 1. The van der Waals surface area contributed by atoms with Crippen LogP contribution in [0.4, 0.5) is 0 Å². The molecule has 0 aliphatic rings. The summed E-state index contributed by atoms with van der Waals surface area (Å²) in [5.74, 6) is 0.254. The van der Waals surface area contributed by atoms with E-state index in [4.69, 9.17) is 9.84 Å². The van der Waals surface area contributed by atoms with Gasteiger partial charge in [0, 0.05) is 18.8 Å². The second kappa shape index (κ2) is 5.73. The number of nitrogens with zero attached hydrogens (tertiary/aromatic N) is 2. The number of fused-ring (bicyclic) bond motifs is 1. The van der Waals surface area contributed by atoms with Crippen molar-refractivity contribution in [1.29, 1.82) is 0 Å². The summed E-state index contributed by atoms with van der Waals surface area (Å²) >= 11 is 0. The van der Waals surface area contributed by atoms with Crippen molar-refractivity contribution in [3.8, 4) is 5.75 Å². The molecule has 2 heterocycles. The van der Waals surface area contributed by atoms with Crippen LogP contribution in [0.5, 0.6) is 5.75 Å². The van der Waals surface area contributed by atoms with Crippen LogP contribution in [0.15, 0.2) is 24.5 Å². The third-order valence-corrected chi connectivity index (χ3v) is 2.85. The molecule has 0 amide bonds. The zero-order chi connectivity index (χ0) is 13.8. The molecule has 0 spiro atoms. The lowest BCUT2D eigenvalue weighted by Gasteiger charge is -2.06. The normalized spacial score (nSPS) is 11.1. The topological polar surface area (TPSA) is 63.8 Å². The van der Waals surface area contributed by atoms with Crippen LogP contribution in [-0.4, -0.2) is 27.1 Å². The number of hydrogen-bond acceptors (Lipinski definition) is 3. The first-order chi connectivity index (χ1) is 9.08. The SMILES string of the molecule is CC(C)c1cn2cccc(OCCCC(=O)O)c2n1. The van der Waals surface area contributed by atoms with E-state index in [1.165, 1.54) is 0 Å². The lowest BCUT2D eigenvalue weighted by atomic mass is 10.2. The smallest absolute Gasteiger partial charge is 0.303 e. The summed E-state index contributed by atoms with van der Waals surface area (Å²) in [7, 11) is 0. The Morgan fingerprint density at radius 3 is 3.00 bits per heavy atom. The predicted molar refractivity (Wildman–Crippen MR) is 71.6 cm³/mol. The average Bonchev–Trinajstić information content (AvgIpc) is 2.79. The highest BCUT2D eigenvalue weighted by atomic mass is 16.5. The van der Waals surface area contributed by atoms with Crippen LogP contribution < -0.4 is 4.74 Å². The number of carboxylic acids is 1. The van der Waals surface area contributed by atoms with E-state index in [1.807, 2.05) is 28.9 Å². The van der Waals surface area contributed by atoms with E-state index in [1.54, 1.807) is 0 Å². The van der Waals surface area contributed by atoms with Crippen molar-refractivity contribution in [2.45, 2.75) is 32.6 Å². The van der Waals surface area contributed by atoms with E-state index in [-0.39, 0.29) is 6.42 Å². The molecular formula is C14H18N2O3. The first-order valence-corrected chi connectivity index (χ1v) is 6.40. The fourth-order valence-electron chi connectivity index (χ4n) is 1.80. The molecular weight excluding hydrogens is 244 g/mol. The van der Waals surface area contributed by atoms with Gasteiger partial charge in [0.15, 0.2) is 11.4 Å². The van der Waals surface area contributed by atoms with Gasteiger partial charge in [0.1, 0.15) is 0 Å². The summed E-state index contributed by atoms with van der Waals surface area (Å²) in [6, 6.07) is 3.75. The predicted octanol–water partition coefficient (Wildman–Crippen LogP) is 2.70. The van der Waals surface area contributed by atoms with Gasteiger partial charge in [-0.25, -0.2) is 4.98 Å². The maximum absolute atomic E-state index is 10.4. The van der Waals surface area contributed by atoms with Crippen molar-refractivity contribution < 1.29 is 14.6 Å². The number of rotatable bonds is 6. The average molecular weight is 262 g/mol. The Bertz CT molecular complexity index is 575. The Morgan fingerprint density at radius 2 is 2.32 bits per heavy atom. The fourth-order valence-corrected chi connectivity index (χ4v) is 1.80. The van der Waals surface area contributed by atoms with Crippen LogP contribution in [0, 0.1) is 0 Å². The standard InChI is InChI=1S/C14H18N2O3/c1-10(2)11-9-16-7-3-5-12(14(16)15-11)19-8-4-6-13(17)18/h3,5,7,9-10H,4,6,8H2,1-2H3,(H,17,18). The number of carbonyl (C=O) groups is 1. The Labute approximate surface area is 111 Å². The summed E-state index contributed by atoms with van der Waals surface area (Å²) in [4.78, 5) is 15.0. The highest BCUT2D eigenvalue weighted by Crippen LogP contribution is 2.22. The van der Waals surface area contributed by atoms with Crippen LogP contribution in [-0.2, 0) is 4.79 Å². The molecule has 0 saturated carbocycles. The number of ether oxygens (including phenoxy) is 1. The van der Waals surface area contributed by atoms with Crippen molar-refractivity contribution in [3.05, 3.63) is 30.2 Å². The summed E-state index contributed by atoms with van der Waals surface area (Å²) in [6.45, 7) is 4.57. The molecule has 2 rings (SSSR count). The van der Waals surface area contributed by atoms with E-state index >= 15 is 0 Å². The number of aliphatic carboxylic acids is 1. The highest BCUT2D eigenvalue weighted by molar-refractivity contribution is 5.66. The van der Waals surface area contributed by atoms with Crippen molar-refractivity contribution >= 4 is 11.6 Å². The summed E-state index contributed by atoms with van der Waals surface area (Å²) < 4.78 is 7.55. The molecule has 0 fully saturated rings. The van der Waals surface area contributed by atoms with Crippen LogP contribution >= 0.6 is 0 Å². The number of aromatic nitrogens is 2. The Kier molecular flexibility index (Phi) is 4.04. The molecule has 0 radical (unpaired) electrons. The van der Waals surface area contributed by atoms with Gasteiger partial charge in [0.25, 0.3) is 0 Å². The lowest BCUT2D eigenvalue weighted by Crippen LogP contribution is -2.03. The minimum absolute atomic E-state index is 0.120. The molecule has 0 aliphatic heterocycles. The molecule has 0 bridgehead atoms. The summed E-state index contributed by atoms with van der Waals surface area (Å²) in [6.07, 6.45) is 4.53. The Balaban J connectivity index is 2.12. The molecule has 1 N–H and O–H groups in total. The molecule has 2 aromatic heterocycles. The molecule has 0 saturated heterocycles. The molecule has 19 heavy (non-hydrogen) atoms. The monoisotopic (exact) mass is 262 g/mol. The third-order valence-electron chi connectivity index (χ3n) is 2.85. The first-order valence-electron chi connectivity index (χ1n) is 6.40. The van der Waals surface area contributed by atoms with Gasteiger partial charge in [-0.2, -0.15) is 0 Å². The second-order valence-electron chi connectivity index (χ2n) is 4.77. The van der Waals surface area contributed by atoms with Crippen LogP contribution in [0.3, 0.4) is 0 Å². The van der Waals surface area contributed by atoms with Gasteiger partial charge < -0.3 is 14.2 Å². The van der Waals surface area contributed by atoms with Crippen molar-refractivity contribution in [2.24, 2.45) is 0 Å². The van der Waals surface area contributed by atoms with Crippen molar-refractivity contribution in [3.63, 3.8) is 0 Å². The number of imidazole rings is 1. The molecule has 0 atom stereocenters. The van der Waals surface area contributed by atoms with E-state index in [9.17, 15) is 4.79 Å². The molecule has 2 aromatic rings. The van der Waals surface area contributed by atoms with Gasteiger partial charge in [-0.3, -0.25) is 4.79 Å². The number of pyridine rings is 1. The zero-order valence-electron chi connectivity index (χ0n) is 11.2. The van der Waals surface area contributed by atoms with Gasteiger partial charge >= 0.3 is 5.97 Å². The largest absolute Gasteiger partial charge is 0.490 e. The fraction of sp³-hybridized carbons (Fsp3) is 0.429. The van der Waals surface area contributed by atoms with Gasteiger partial charge in [0.05, 0.1) is 12.3 Å². The van der Waals surface area contributed by atoms with E-state index < -0.39 is 5.97 Å². The molecule has 5 heteroatoms. The quantitative estimate of drug-likeness (QED) is 0.813. The minimum atomic E-state index is -0.801. The van der Waals surface area contributed by atoms with Crippen LogP contribution in [0.25, 0.3) is 5.65 Å². The van der Waals surface area contributed by atoms with Crippen molar-refractivity contribution in [2.75, 3.05) is 6.61 Å². The second-order valence-corrected chi connectivity index (χ2v) is 4.77. The van der Waals surface area contributed by atoms with E-state index in [2.05, 4.69) is 18.8 Å². The third kappa shape index (κ3) is 3.24. The lowest BCUT2D eigenvalue weighted by molar-refractivity contribution is -0.137. The molecule has 5 nitrogen and oxygen atoms in total. The van der Waals surface area contributed by atoms with E-state index in [0.29, 0.717) is 24.7 Å². The first kappa shape index (κ1) is 13.4. The highest BCUT2D eigenvalue weighted by Gasteiger charge is 2.09. The zero-order valence-corrected chi connectivity index (χ0v) is 11.2. The maximum Gasteiger partial charge on any atom is 0.303 e.